The van der Waals surface area contributed by atoms with Crippen molar-refractivity contribution in [1.82, 2.24) is 20.2 Å². The summed E-state index contributed by atoms with van der Waals surface area (Å²) in [5.74, 6) is 0.433. The molecular formula is C12H14Cl2N6. The van der Waals surface area contributed by atoms with Crippen LogP contribution < -0.4 is 16.4 Å². The van der Waals surface area contributed by atoms with Crippen LogP contribution in [-0.4, -0.2) is 34.5 Å². The van der Waals surface area contributed by atoms with Crippen molar-refractivity contribution in [3.8, 4) is 0 Å². The summed E-state index contributed by atoms with van der Waals surface area (Å²) in [4.78, 5) is 4.31. The zero-order chi connectivity index (χ0) is 14.3. The fourth-order valence-corrected chi connectivity index (χ4v) is 2.49. The second-order valence-electron chi connectivity index (χ2n) is 4.63. The molecule has 0 spiro atoms. The minimum absolute atomic E-state index is 0.00927. The first-order valence-corrected chi connectivity index (χ1v) is 6.97. The average molecular weight is 313 g/mol. The molecule has 1 fully saturated rings. The van der Waals surface area contributed by atoms with E-state index in [9.17, 15) is 0 Å². The number of aromatic nitrogens is 2. The van der Waals surface area contributed by atoms with Crippen LogP contribution >= 0.6 is 23.2 Å². The highest BCUT2D eigenvalue weighted by atomic mass is 35.5. The van der Waals surface area contributed by atoms with Crippen molar-refractivity contribution >= 4 is 40.1 Å². The zero-order valence-corrected chi connectivity index (χ0v) is 12.0. The molecule has 0 saturated carbocycles. The van der Waals surface area contributed by atoms with Crippen LogP contribution in [0.3, 0.4) is 0 Å². The van der Waals surface area contributed by atoms with Crippen molar-refractivity contribution in [3.05, 3.63) is 28.5 Å². The van der Waals surface area contributed by atoms with E-state index in [1.807, 2.05) is 4.57 Å². The van der Waals surface area contributed by atoms with Gasteiger partial charge in [-0.25, -0.2) is 4.98 Å². The first kappa shape index (κ1) is 13.6. The van der Waals surface area contributed by atoms with Crippen LogP contribution in [0.2, 0.25) is 10.0 Å². The summed E-state index contributed by atoms with van der Waals surface area (Å²) in [5.41, 5.74) is 7.09. The van der Waals surface area contributed by atoms with Gasteiger partial charge in [0.25, 0.3) is 0 Å². The van der Waals surface area contributed by atoms with Crippen molar-refractivity contribution in [2.75, 3.05) is 13.1 Å². The Morgan fingerprint density at radius 1 is 1.45 bits per heavy atom. The third-order valence-corrected chi connectivity index (χ3v) is 3.97. The molecule has 2 aromatic rings. The predicted molar refractivity (Wildman–Crippen MR) is 80.5 cm³/mol. The predicted octanol–water partition coefficient (Wildman–Crippen LogP) is 1.34. The summed E-state index contributed by atoms with van der Waals surface area (Å²) in [6.45, 7) is 1.09. The van der Waals surface area contributed by atoms with Gasteiger partial charge >= 0.3 is 0 Å². The average Bonchev–Trinajstić information content (AvgIpc) is 3.13. The Hall–Kier alpha value is -1.34. The van der Waals surface area contributed by atoms with E-state index in [0.29, 0.717) is 29.0 Å². The van der Waals surface area contributed by atoms with E-state index < -0.39 is 0 Å². The van der Waals surface area contributed by atoms with Crippen LogP contribution in [0.15, 0.2) is 18.5 Å². The van der Waals surface area contributed by atoms with Gasteiger partial charge in [-0.1, -0.05) is 23.2 Å². The number of halogens is 2. The number of nitrogens with zero attached hydrogens (tertiary/aromatic N) is 2. The molecule has 1 aliphatic rings. The van der Waals surface area contributed by atoms with E-state index in [1.54, 1.807) is 18.5 Å². The van der Waals surface area contributed by atoms with Gasteiger partial charge in [0.15, 0.2) is 0 Å². The van der Waals surface area contributed by atoms with Crippen LogP contribution in [-0.2, 0) is 0 Å². The van der Waals surface area contributed by atoms with Gasteiger partial charge in [-0.3, -0.25) is 10.7 Å². The number of nitrogens with two attached hydrogens (primary N) is 1. The summed E-state index contributed by atoms with van der Waals surface area (Å²) in [6, 6.07) is 3.49. The number of hydrogen-bond donors (Lipinski definition) is 4. The molecule has 3 rings (SSSR count). The smallest absolute Gasteiger partial charge is 0.114 e. The number of imidazole rings is 1. The number of nitrogens with one attached hydrogen (secondary N) is 3. The van der Waals surface area contributed by atoms with Gasteiger partial charge in [-0.2, -0.15) is 0 Å². The molecule has 0 amide bonds. The van der Waals surface area contributed by atoms with E-state index in [0.717, 1.165) is 11.0 Å². The van der Waals surface area contributed by atoms with Gasteiger partial charge in [0, 0.05) is 13.1 Å². The van der Waals surface area contributed by atoms with Crippen molar-refractivity contribution < 1.29 is 0 Å². The van der Waals surface area contributed by atoms with Crippen LogP contribution in [0.5, 0.6) is 0 Å². The van der Waals surface area contributed by atoms with Crippen LogP contribution in [0.1, 0.15) is 6.17 Å². The fourth-order valence-electron chi connectivity index (χ4n) is 2.17. The number of hydrogen-bond acceptors (Lipinski definition) is 4. The third kappa shape index (κ3) is 2.35. The highest BCUT2D eigenvalue weighted by Gasteiger charge is 2.42. The molecule has 0 aliphatic carbocycles. The van der Waals surface area contributed by atoms with Crippen molar-refractivity contribution in [1.29, 1.82) is 5.41 Å². The second-order valence-corrected chi connectivity index (χ2v) is 5.44. The summed E-state index contributed by atoms with van der Waals surface area (Å²) >= 11 is 12.0. The van der Waals surface area contributed by atoms with E-state index in [4.69, 9.17) is 34.3 Å². The monoisotopic (exact) mass is 312 g/mol. The third-order valence-electron chi connectivity index (χ3n) is 3.24. The van der Waals surface area contributed by atoms with Crippen molar-refractivity contribution in [3.63, 3.8) is 0 Å². The van der Waals surface area contributed by atoms with Crippen molar-refractivity contribution in [2.24, 2.45) is 5.73 Å². The fraction of sp³-hybridized carbons (Fsp3) is 0.333. The SMILES string of the molecule is N=C(NCCN)C1NC1n1cnc2cc(Cl)c(Cl)cc21. The first-order valence-electron chi connectivity index (χ1n) is 6.22. The molecule has 20 heavy (non-hydrogen) atoms. The molecule has 106 valence electrons. The molecule has 5 N–H and O–H groups in total. The Morgan fingerprint density at radius 2 is 2.20 bits per heavy atom. The Kier molecular flexibility index (Phi) is 3.55. The maximum Gasteiger partial charge on any atom is 0.114 e. The zero-order valence-electron chi connectivity index (χ0n) is 10.5. The van der Waals surface area contributed by atoms with Gasteiger partial charge in [0.1, 0.15) is 18.0 Å². The van der Waals surface area contributed by atoms with Gasteiger partial charge in [0.05, 0.1) is 27.4 Å². The molecule has 2 unspecified atom stereocenters. The van der Waals surface area contributed by atoms with Crippen LogP contribution in [0.25, 0.3) is 11.0 Å². The van der Waals surface area contributed by atoms with E-state index in [2.05, 4.69) is 15.6 Å². The molecule has 2 atom stereocenters. The number of fused-ring (bicyclic) bond motifs is 1. The molecular weight excluding hydrogens is 299 g/mol. The number of amidine groups is 1. The lowest BCUT2D eigenvalue weighted by molar-refractivity contribution is 0.736. The molecule has 1 aliphatic heterocycles. The van der Waals surface area contributed by atoms with E-state index in [1.165, 1.54) is 0 Å². The van der Waals surface area contributed by atoms with Gasteiger partial charge in [0.2, 0.25) is 0 Å². The van der Waals surface area contributed by atoms with Gasteiger partial charge in [-0.15, -0.1) is 0 Å². The lowest BCUT2D eigenvalue weighted by atomic mass is 10.3. The quantitative estimate of drug-likeness (QED) is 0.389. The topological polar surface area (TPSA) is 102 Å². The summed E-state index contributed by atoms with van der Waals surface area (Å²) < 4.78 is 1.96. The molecule has 0 radical (unpaired) electrons. The number of benzene rings is 1. The second kappa shape index (κ2) is 5.21. The van der Waals surface area contributed by atoms with Gasteiger partial charge < -0.3 is 15.6 Å². The summed E-state index contributed by atoms with van der Waals surface area (Å²) in [7, 11) is 0. The normalized spacial score (nSPS) is 21.1. The Morgan fingerprint density at radius 3 is 2.95 bits per heavy atom. The van der Waals surface area contributed by atoms with Crippen LogP contribution in [0.4, 0.5) is 0 Å². The largest absolute Gasteiger partial charge is 0.371 e. The molecule has 1 saturated heterocycles. The van der Waals surface area contributed by atoms with Crippen molar-refractivity contribution in [2.45, 2.75) is 12.2 Å². The molecule has 2 heterocycles. The minimum atomic E-state index is -0.0478. The lowest BCUT2D eigenvalue weighted by Crippen LogP contribution is -2.33. The maximum atomic E-state index is 7.92. The Labute approximate surface area is 125 Å². The van der Waals surface area contributed by atoms with Crippen LogP contribution in [0, 0.1) is 5.41 Å². The van der Waals surface area contributed by atoms with E-state index >= 15 is 0 Å². The molecule has 0 bridgehead atoms. The van der Waals surface area contributed by atoms with Gasteiger partial charge in [-0.05, 0) is 12.1 Å². The maximum absolute atomic E-state index is 7.92. The lowest BCUT2D eigenvalue weighted by Gasteiger charge is -2.05. The number of rotatable bonds is 4. The molecule has 6 nitrogen and oxygen atoms in total. The molecule has 8 heteroatoms. The molecule has 1 aromatic carbocycles. The molecule has 1 aromatic heterocycles. The van der Waals surface area contributed by atoms with E-state index in [-0.39, 0.29) is 12.2 Å². The highest BCUT2D eigenvalue weighted by Crippen LogP contribution is 2.32. The summed E-state index contributed by atoms with van der Waals surface area (Å²) in [6.07, 6.45) is 1.74. The summed E-state index contributed by atoms with van der Waals surface area (Å²) in [5, 5.41) is 15.1. The Bertz CT molecular complexity index is 667. The Balaban J connectivity index is 1.83. The first-order chi connectivity index (χ1) is 9.61. The highest BCUT2D eigenvalue weighted by molar-refractivity contribution is 6.42. The minimum Gasteiger partial charge on any atom is -0.371 e. The standard InChI is InChI=1S/C12H14Cl2N6/c13-6-3-8-9(4-7(6)14)20(5-18-8)12-10(19-12)11(16)17-2-1-15/h3-5,10,12,19H,1-2,15H2,(H2,16,17).